The molecule has 0 aliphatic rings. The van der Waals surface area contributed by atoms with E-state index in [9.17, 15) is 4.79 Å². The maximum Gasteiger partial charge on any atom is 0.304 e. The predicted octanol–water partition coefficient (Wildman–Crippen LogP) is -0.427. The van der Waals surface area contributed by atoms with Crippen molar-refractivity contribution in [3.05, 3.63) is 0 Å². The molecule has 0 aliphatic carbocycles. The van der Waals surface area contributed by atoms with E-state index in [0.717, 1.165) is 6.42 Å². The second-order valence-corrected chi connectivity index (χ2v) is 2.08. The van der Waals surface area contributed by atoms with Gasteiger partial charge < -0.3 is 10.5 Å². The molecular formula is C6H14N2O2. The molecule has 1 unspecified atom stereocenters. The Kier molecular flexibility index (Phi) is 4.88. The first-order valence-electron chi connectivity index (χ1n) is 3.29. The van der Waals surface area contributed by atoms with Crippen molar-refractivity contribution in [1.82, 2.24) is 0 Å². The summed E-state index contributed by atoms with van der Waals surface area (Å²) >= 11 is 0. The van der Waals surface area contributed by atoms with Gasteiger partial charge in [-0.25, -0.2) is 0 Å². The first-order valence-corrected chi connectivity index (χ1v) is 3.29. The molecule has 1 atom stereocenters. The fourth-order valence-corrected chi connectivity index (χ4v) is 0.591. The van der Waals surface area contributed by atoms with Gasteiger partial charge in [0.2, 0.25) is 0 Å². The van der Waals surface area contributed by atoms with Crippen molar-refractivity contribution in [2.45, 2.75) is 26.0 Å². The molecule has 0 amide bonds. The molecule has 0 spiro atoms. The van der Waals surface area contributed by atoms with Gasteiger partial charge in [0.25, 0.3) is 0 Å². The van der Waals surface area contributed by atoms with E-state index in [1.165, 1.54) is 6.92 Å². The highest BCUT2D eigenvalue weighted by molar-refractivity contribution is 5.66. The molecule has 0 aromatic heterocycles. The summed E-state index contributed by atoms with van der Waals surface area (Å²) in [6.45, 7) is 1.91. The van der Waals surface area contributed by atoms with Crippen LogP contribution < -0.4 is 11.5 Å². The fraction of sp³-hybridized carbons (Fsp3) is 0.833. The van der Waals surface area contributed by atoms with Crippen LogP contribution in [0.3, 0.4) is 0 Å². The minimum Gasteiger partial charge on any atom is -0.447 e. The highest BCUT2D eigenvalue weighted by Crippen LogP contribution is 1.94. The average Bonchev–Trinajstić information content (AvgIpc) is 1.82. The molecule has 0 bridgehead atoms. The largest absolute Gasteiger partial charge is 0.447 e. The summed E-state index contributed by atoms with van der Waals surface area (Å²) in [5.41, 5.74) is 10.6. The van der Waals surface area contributed by atoms with Crippen molar-refractivity contribution in [3.63, 3.8) is 0 Å². The molecule has 60 valence electrons. The predicted molar refractivity (Wildman–Crippen MR) is 38.0 cm³/mol. The molecule has 0 saturated heterocycles. The van der Waals surface area contributed by atoms with Gasteiger partial charge in [-0.2, -0.15) is 0 Å². The van der Waals surface area contributed by atoms with Gasteiger partial charge in [0.15, 0.2) is 6.23 Å². The standard InChI is InChI=1S/C6H14N2O2/c1-5(9)10-6(8)3-2-4-7/h6H,2-4,7-8H2,1H3. The summed E-state index contributed by atoms with van der Waals surface area (Å²) in [5.74, 6) is -0.343. The maximum atomic E-state index is 10.3. The summed E-state index contributed by atoms with van der Waals surface area (Å²) in [4.78, 5) is 10.3. The van der Waals surface area contributed by atoms with Gasteiger partial charge in [0.1, 0.15) is 0 Å². The van der Waals surface area contributed by atoms with E-state index in [0.29, 0.717) is 13.0 Å². The van der Waals surface area contributed by atoms with Gasteiger partial charge in [0, 0.05) is 6.92 Å². The lowest BCUT2D eigenvalue weighted by molar-refractivity contribution is -0.146. The lowest BCUT2D eigenvalue weighted by atomic mass is 10.3. The third kappa shape index (κ3) is 5.53. The van der Waals surface area contributed by atoms with Crippen molar-refractivity contribution >= 4 is 5.97 Å². The zero-order valence-electron chi connectivity index (χ0n) is 6.17. The summed E-state index contributed by atoms with van der Waals surface area (Å²) in [6.07, 6.45) is 0.936. The van der Waals surface area contributed by atoms with Crippen LogP contribution in [0.25, 0.3) is 0 Å². The molecule has 4 heteroatoms. The van der Waals surface area contributed by atoms with E-state index >= 15 is 0 Å². The van der Waals surface area contributed by atoms with E-state index in [4.69, 9.17) is 11.5 Å². The average molecular weight is 146 g/mol. The normalized spacial score (nSPS) is 12.7. The molecule has 4 nitrogen and oxygen atoms in total. The molecule has 0 heterocycles. The van der Waals surface area contributed by atoms with Crippen LogP contribution in [0.1, 0.15) is 19.8 Å². The minimum atomic E-state index is -0.485. The van der Waals surface area contributed by atoms with E-state index in [-0.39, 0.29) is 5.97 Å². The van der Waals surface area contributed by atoms with Crippen molar-refractivity contribution in [2.24, 2.45) is 11.5 Å². The third-order valence-electron chi connectivity index (χ3n) is 1.01. The van der Waals surface area contributed by atoms with Crippen molar-refractivity contribution in [3.8, 4) is 0 Å². The Labute approximate surface area is 60.5 Å². The Hall–Kier alpha value is -0.610. The smallest absolute Gasteiger partial charge is 0.304 e. The van der Waals surface area contributed by atoms with Gasteiger partial charge in [-0.1, -0.05) is 0 Å². The highest BCUT2D eigenvalue weighted by Gasteiger charge is 2.03. The molecule has 0 aromatic rings. The maximum absolute atomic E-state index is 10.3. The molecule has 0 radical (unpaired) electrons. The molecular weight excluding hydrogens is 132 g/mol. The van der Waals surface area contributed by atoms with Gasteiger partial charge in [-0.3, -0.25) is 10.5 Å². The van der Waals surface area contributed by atoms with Crippen LogP contribution in [0.2, 0.25) is 0 Å². The van der Waals surface area contributed by atoms with Crippen LogP contribution in [-0.4, -0.2) is 18.7 Å². The Balaban J connectivity index is 3.25. The van der Waals surface area contributed by atoms with Gasteiger partial charge >= 0.3 is 5.97 Å². The molecule has 4 N–H and O–H groups in total. The number of esters is 1. The quantitative estimate of drug-likeness (QED) is 0.417. The second-order valence-electron chi connectivity index (χ2n) is 2.08. The van der Waals surface area contributed by atoms with Crippen molar-refractivity contribution in [1.29, 1.82) is 0 Å². The van der Waals surface area contributed by atoms with Gasteiger partial charge in [0.05, 0.1) is 0 Å². The molecule has 0 fully saturated rings. The van der Waals surface area contributed by atoms with Crippen LogP contribution in [-0.2, 0) is 9.53 Å². The summed E-state index contributed by atoms with van der Waals surface area (Å²) in [5, 5.41) is 0. The Morgan fingerprint density at radius 2 is 2.30 bits per heavy atom. The molecule has 10 heavy (non-hydrogen) atoms. The second kappa shape index (κ2) is 5.20. The number of rotatable bonds is 4. The van der Waals surface area contributed by atoms with E-state index < -0.39 is 6.23 Å². The van der Waals surface area contributed by atoms with Crippen LogP contribution >= 0.6 is 0 Å². The van der Waals surface area contributed by atoms with E-state index in [2.05, 4.69) is 4.74 Å². The lowest BCUT2D eigenvalue weighted by Gasteiger charge is -2.09. The highest BCUT2D eigenvalue weighted by atomic mass is 16.5. The van der Waals surface area contributed by atoms with Crippen LogP contribution in [0.15, 0.2) is 0 Å². The van der Waals surface area contributed by atoms with Gasteiger partial charge in [-0.15, -0.1) is 0 Å². The van der Waals surface area contributed by atoms with Crippen molar-refractivity contribution < 1.29 is 9.53 Å². The molecule has 0 aliphatic heterocycles. The number of hydrogen-bond acceptors (Lipinski definition) is 4. The number of carbonyl (C=O) groups is 1. The van der Waals surface area contributed by atoms with Gasteiger partial charge in [-0.05, 0) is 19.4 Å². The number of ether oxygens (including phenoxy) is 1. The summed E-state index contributed by atoms with van der Waals surface area (Å²) < 4.78 is 4.64. The van der Waals surface area contributed by atoms with Crippen LogP contribution in [0.5, 0.6) is 0 Å². The topological polar surface area (TPSA) is 78.3 Å². The SMILES string of the molecule is CC(=O)OC(N)CCCN. The zero-order valence-corrected chi connectivity index (χ0v) is 6.17. The molecule has 0 rings (SSSR count). The molecule has 0 saturated carbocycles. The van der Waals surface area contributed by atoms with E-state index in [1.807, 2.05) is 0 Å². The Bertz CT molecular complexity index is 106. The minimum absolute atomic E-state index is 0.343. The first kappa shape index (κ1) is 9.39. The zero-order chi connectivity index (χ0) is 7.98. The monoisotopic (exact) mass is 146 g/mol. The Morgan fingerprint density at radius 3 is 2.70 bits per heavy atom. The number of nitrogens with two attached hydrogens (primary N) is 2. The van der Waals surface area contributed by atoms with Crippen LogP contribution in [0, 0.1) is 0 Å². The fourth-order valence-electron chi connectivity index (χ4n) is 0.591. The third-order valence-corrected chi connectivity index (χ3v) is 1.01. The van der Waals surface area contributed by atoms with Crippen LogP contribution in [0.4, 0.5) is 0 Å². The number of hydrogen-bond donors (Lipinski definition) is 2. The van der Waals surface area contributed by atoms with Crippen molar-refractivity contribution in [2.75, 3.05) is 6.54 Å². The summed E-state index contributed by atoms with van der Waals surface area (Å²) in [6, 6.07) is 0. The Morgan fingerprint density at radius 1 is 1.70 bits per heavy atom. The first-order chi connectivity index (χ1) is 4.66. The van der Waals surface area contributed by atoms with E-state index in [1.54, 1.807) is 0 Å². The molecule has 0 aromatic carbocycles. The summed E-state index contributed by atoms with van der Waals surface area (Å²) in [7, 11) is 0. The lowest BCUT2D eigenvalue weighted by Crippen LogP contribution is -2.26. The number of carbonyl (C=O) groups excluding carboxylic acids is 1.